The van der Waals surface area contributed by atoms with Gasteiger partial charge in [-0.3, -0.25) is 4.79 Å². The predicted octanol–water partition coefficient (Wildman–Crippen LogP) is 1.47. The van der Waals surface area contributed by atoms with Crippen molar-refractivity contribution in [3.8, 4) is 5.75 Å². The number of ether oxygens (including phenoxy) is 2. The summed E-state index contributed by atoms with van der Waals surface area (Å²) in [6.45, 7) is 3.73. The number of likely N-dealkylation sites (N-methyl/N-ethyl adjacent to an activating group) is 1. The Morgan fingerprint density at radius 2 is 2.14 bits per heavy atom. The molecule has 2 atom stereocenters. The highest BCUT2D eigenvalue weighted by Gasteiger charge is 2.43. The molecular formula is C16H24N2O3. The smallest absolute Gasteiger partial charge is 0.237 e. The Kier molecular flexibility index (Phi) is 5.59. The number of benzene rings is 1. The normalized spacial score (nSPS) is 24.9. The van der Waals surface area contributed by atoms with Crippen molar-refractivity contribution in [3.63, 3.8) is 0 Å². The first-order valence-electron chi connectivity index (χ1n) is 7.50. The highest BCUT2D eigenvalue weighted by Crippen LogP contribution is 2.31. The van der Waals surface area contributed by atoms with Crippen molar-refractivity contribution in [2.24, 2.45) is 5.73 Å². The Balaban J connectivity index is 1.71. The fraction of sp³-hybridized carbons (Fsp3) is 0.562. The molecule has 0 spiro atoms. The van der Waals surface area contributed by atoms with E-state index < -0.39 is 5.54 Å². The number of rotatable bonds is 8. The van der Waals surface area contributed by atoms with E-state index in [4.69, 9.17) is 15.2 Å². The van der Waals surface area contributed by atoms with Gasteiger partial charge in [0.1, 0.15) is 17.9 Å². The molecule has 2 unspecified atom stereocenters. The maximum Gasteiger partial charge on any atom is 0.237 e. The lowest BCUT2D eigenvalue weighted by atomic mass is 9.96. The summed E-state index contributed by atoms with van der Waals surface area (Å²) in [7, 11) is 0. The Morgan fingerprint density at radius 1 is 1.38 bits per heavy atom. The zero-order chi connectivity index (χ0) is 15.1. The number of hydrogen-bond donors (Lipinski definition) is 2. The second-order valence-corrected chi connectivity index (χ2v) is 5.37. The molecule has 1 aromatic rings. The fourth-order valence-corrected chi connectivity index (χ4v) is 2.84. The maximum absolute atomic E-state index is 11.7. The summed E-state index contributed by atoms with van der Waals surface area (Å²) >= 11 is 0. The van der Waals surface area contributed by atoms with Crippen molar-refractivity contribution in [1.29, 1.82) is 0 Å². The van der Waals surface area contributed by atoms with E-state index in [1.807, 2.05) is 37.3 Å². The molecule has 1 fully saturated rings. The highest BCUT2D eigenvalue weighted by atomic mass is 16.5. The van der Waals surface area contributed by atoms with Crippen LogP contribution in [0.3, 0.4) is 0 Å². The summed E-state index contributed by atoms with van der Waals surface area (Å²) in [6, 6.07) is 9.65. The van der Waals surface area contributed by atoms with E-state index >= 15 is 0 Å². The molecule has 5 nitrogen and oxygen atoms in total. The van der Waals surface area contributed by atoms with Gasteiger partial charge in [-0.25, -0.2) is 0 Å². The minimum absolute atomic E-state index is 0.0657. The molecule has 1 amide bonds. The standard InChI is InChI=1S/C16H24N2O3/c1-2-18-16(15(17)19)9-8-14(12-16)21-11-10-20-13-6-4-3-5-7-13/h3-7,14,18H,2,8-12H2,1H3,(H2,17,19). The van der Waals surface area contributed by atoms with Gasteiger partial charge >= 0.3 is 0 Å². The van der Waals surface area contributed by atoms with Gasteiger partial charge in [-0.1, -0.05) is 25.1 Å². The summed E-state index contributed by atoms with van der Waals surface area (Å²) in [4.78, 5) is 11.7. The summed E-state index contributed by atoms with van der Waals surface area (Å²) < 4.78 is 11.4. The van der Waals surface area contributed by atoms with Gasteiger partial charge in [-0.15, -0.1) is 0 Å². The van der Waals surface area contributed by atoms with E-state index in [-0.39, 0.29) is 12.0 Å². The van der Waals surface area contributed by atoms with Crippen LogP contribution in [0.2, 0.25) is 0 Å². The van der Waals surface area contributed by atoms with Crippen LogP contribution in [0.25, 0.3) is 0 Å². The molecule has 0 bridgehead atoms. The monoisotopic (exact) mass is 292 g/mol. The topological polar surface area (TPSA) is 73.6 Å². The molecule has 5 heteroatoms. The number of carbonyl (C=O) groups excluding carboxylic acids is 1. The van der Waals surface area contributed by atoms with Crippen LogP contribution in [0.15, 0.2) is 30.3 Å². The van der Waals surface area contributed by atoms with Crippen LogP contribution in [0.4, 0.5) is 0 Å². The lowest BCUT2D eigenvalue weighted by Gasteiger charge is -2.26. The minimum Gasteiger partial charge on any atom is -0.491 e. The van der Waals surface area contributed by atoms with Gasteiger partial charge in [0.15, 0.2) is 0 Å². The minimum atomic E-state index is -0.598. The summed E-state index contributed by atoms with van der Waals surface area (Å²) in [5, 5.41) is 3.22. The van der Waals surface area contributed by atoms with Crippen LogP contribution in [0.5, 0.6) is 5.75 Å². The molecule has 1 saturated carbocycles. The van der Waals surface area contributed by atoms with Gasteiger partial charge in [0.25, 0.3) is 0 Å². The van der Waals surface area contributed by atoms with Gasteiger partial charge in [-0.05, 0) is 31.5 Å². The average Bonchev–Trinajstić information content (AvgIpc) is 2.90. The lowest BCUT2D eigenvalue weighted by Crippen LogP contribution is -2.53. The third-order valence-corrected chi connectivity index (χ3v) is 3.90. The van der Waals surface area contributed by atoms with Gasteiger partial charge in [0.05, 0.1) is 12.7 Å². The summed E-state index contributed by atoms with van der Waals surface area (Å²) in [5.74, 6) is 0.558. The van der Waals surface area contributed by atoms with E-state index in [2.05, 4.69) is 5.32 Å². The molecular weight excluding hydrogens is 268 g/mol. The Labute approximate surface area is 125 Å². The van der Waals surface area contributed by atoms with Gasteiger partial charge in [0, 0.05) is 6.42 Å². The molecule has 116 valence electrons. The number of nitrogens with two attached hydrogens (primary N) is 1. The second-order valence-electron chi connectivity index (χ2n) is 5.37. The van der Waals surface area contributed by atoms with Crippen molar-refractivity contribution in [1.82, 2.24) is 5.32 Å². The lowest BCUT2D eigenvalue weighted by molar-refractivity contribution is -0.124. The maximum atomic E-state index is 11.7. The number of carbonyl (C=O) groups is 1. The molecule has 0 saturated heterocycles. The number of primary amides is 1. The second kappa shape index (κ2) is 7.43. The molecule has 1 aliphatic rings. The van der Waals surface area contributed by atoms with Crippen LogP contribution in [-0.2, 0) is 9.53 Å². The van der Waals surface area contributed by atoms with Crippen molar-refractivity contribution in [3.05, 3.63) is 30.3 Å². The molecule has 21 heavy (non-hydrogen) atoms. The molecule has 0 aromatic heterocycles. The largest absolute Gasteiger partial charge is 0.491 e. The Bertz CT molecular complexity index is 452. The molecule has 1 aliphatic carbocycles. The molecule has 0 aliphatic heterocycles. The van der Waals surface area contributed by atoms with Crippen molar-refractivity contribution in [2.45, 2.75) is 37.8 Å². The zero-order valence-electron chi connectivity index (χ0n) is 12.5. The van der Waals surface area contributed by atoms with Crippen LogP contribution in [0, 0.1) is 0 Å². The number of amides is 1. The van der Waals surface area contributed by atoms with Crippen LogP contribution in [0.1, 0.15) is 26.2 Å². The Hall–Kier alpha value is -1.59. The predicted molar refractivity (Wildman–Crippen MR) is 81.1 cm³/mol. The van der Waals surface area contributed by atoms with E-state index in [0.29, 0.717) is 19.6 Å². The molecule has 1 aromatic carbocycles. The average molecular weight is 292 g/mol. The molecule has 0 radical (unpaired) electrons. The van der Waals surface area contributed by atoms with E-state index in [1.165, 1.54) is 0 Å². The molecule has 3 N–H and O–H groups in total. The van der Waals surface area contributed by atoms with Crippen molar-refractivity contribution in [2.75, 3.05) is 19.8 Å². The van der Waals surface area contributed by atoms with Gasteiger partial charge < -0.3 is 20.5 Å². The number of hydrogen-bond acceptors (Lipinski definition) is 4. The number of para-hydroxylation sites is 1. The summed E-state index contributed by atoms with van der Waals surface area (Å²) in [6.07, 6.45) is 2.29. The first-order valence-corrected chi connectivity index (χ1v) is 7.50. The van der Waals surface area contributed by atoms with E-state index in [1.54, 1.807) is 0 Å². The SMILES string of the molecule is CCNC1(C(N)=O)CCC(OCCOc2ccccc2)C1. The van der Waals surface area contributed by atoms with Gasteiger partial charge in [-0.2, -0.15) is 0 Å². The van der Waals surface area contributed by atoms with Crippen LogP contribution in [-0.4, -0.2) is 37.3 Å². The molecule has 2 rings (SSSR count). The van der Waals surface area contributed by atoms with E-state index in [0.717, 1.165) is 25.1 Å². The first kappa shape index (κ1) is 15.8. The third kappa shape index (κ3) is 4.19. The van der Waals surface area contributed by atoms with Gasteiger partial charge in [0.2, 0.25) is 5.91 Å². The van der Waals surface area contributed by atoms with Crippen molar-refractivity contribution >= 4 is 5.91 Å². The Morgan fingerprint density at radius 3 is 2.81 bits per heavy atom. The molecule has 0 heterocycles. The fourth-order valence-electron chi connectivity index (χ4n) is 2.84. The summed E-state index contributed by atoms with van der Waals surface area (Å²) in [5.41, 5.74) is 4.93. The third-order valence-electron chi connectivity index (χ3n) is 3.90. The van der Waals surface area contributed by atoms with Crippen LogP contribution >= 0.6 is 0 Å². The van der Waals surface area contributed by atoms with E-state index in [9.17, 15) is 4.79 Å². The first-order chi connectivity index (χ1) is 10.2. The quantitative estimate of drug-likeness (QED) is 0.712. The zero-order valence-corrected chi connectivity index (χ0v) is 12.5. The number of nitrogens with one attached hydrogen (secondary N) is 1. The van der Waals surface area contributed by atoms with Crippen molar-refractivity contribution < 1.29 is 14.3 Å². The van der Waals surface area contributed by atoms with Crippen LogP contribution < -0.4 is 15.8 Å². The highest BCUT2D eigenvalue weighted by molar-refractivity contribution is 5.85.